The standard InChI is InChI=1S/C12H16N2S/c1-9-3-2-4-10(7-9)12-14-11(5-6-13)8-15-12/h8-10H,2-5,7H2,1H3. The largest absolute Gasteiger partial charge is 0.245 e. The van der Waals surface area contributed by atoms with Crippen molar-refractivity contribution in [1.82, 2.24) is 4.98 Å². The van der Waals surface area contributed by atoms with Crippen LogP contribution in [-0.4, -0.2) is 4.98 Å². The van der Waals surface area contributed by atoms with Crippen molar-refractivity contribution in [1.29, 1.82) is 5.26 Å². The molecule has 3 heteroatoms. The lowest BCUT2D eigenvalue weighted by Gasteiger charge is -2.24. The van der Waals surface area contributed by atoms with Crippen LogP contribution in [0, 0.1) is 17.2 Å². The van der Waals surface area contributed by atoms with Gasteiger partial charge >= 0.3 is 0 Å². The van der Waals surface area contributed by atoms with E-state index in [0.29, 0.717) is 12.3 Å². The van der Waals surface area contributed by atoms with Crippen molar-refractivity contribution < 1.29 is 0 Å². The molecule has 15 heavy (non-hydrogen) atoms. The van der Waals surface area contributed by atoms with Gasteiger partial charge in [-0.15, -0.1) is 11.3 Å². The molecule has 2 atom stereocenters. The van der Waals surface area contributed by atoms with Gasteiger partial charge in [-0.3, -0.25) is 0 Å². The third-order valence-corrected chi connectivity index (χ3v) is 4.17. The van der Waals surface area contributed by atoms with Gasteiger partial charge in [-0.1, -0.05) is 19.8 Å². The first-order valence-corrected chi connectivity index (χ1v) is 6.49. The molecule has 1 fully saturated rings. The quantitative estimate of drug-likeness (QED) is 0.764. The van der Waals surface area contributed by atoms with Gasteiger partial charge in [-0.05, 0) is 18.8 Å². The zero-order valence-electron chi connectivity index (χ0n) is 9.07. The van der Waals surface area contributed by atoms with E-state index in [2.05, 4.69) is 18.0 Å². The van der Waals surface area contributed by atoms with Crippen LogP contribution in [0.5, 0.6) is 0 Å². The van der Waals surface area contributed by atoms with Crippen molar-refractivity contribution in [3.8, 4) is 6.07 Å². The Morgan fingerprint density at radius 2 is 2.47 bits per heavy atom. The normalized spacial score (nSPS) is 26.1. The van der Waals surface area contributed by atoms with Crippen molar-refractivity contribution in [3.05, 3.63) is 16.1 Å². The summed E-state index contributed by atoms with van der Waals surface area (Å²) < 4.78 is 0. The molecule has 1 heterocycles. The van der Waals surface area contributed by atoms with Crippen LogP contribution in [0.15, 0.2) is 5.38 Å². The fourth-order valence-corrected chi connectivity index (χ4v) is 3.30. The first-order valence-electron chi connectivity index (χ1n) is 5.61. The minimum absolute atomic E-state index is 0.457. The maximum atomic E-state index is 8.60. The van der Waals surface area contributed by atoms with Gasteiger partial charge < -0.3 is 0 Å². The second-order valence-corrected chi connectivity index (χ2v) is 5.37. The van der Waals surface area contributed by atoms with E-state index < -0.39 is 0 Å². The second kappa shape index (κ2) is 4.76. The smallest absolute Gasteiger partial charge is 0.0959 e. The lowest BCUT2D eigenvalue weighted by atomic mass is 9.83. The molecule has 0 bridgehead atoms. The van der Waals surface area contributed by atoms with Crippen molar-refractivity contribution in [2.75, 3.05) is 0 Å². The van der Waals surface area contributed by atoms with E-state index >= 15 is 0 Å². The van der Waals surface area contributed by atoms with Gasteiger partial charge in [0.2, 0.25) is 0 Å². The van der Waals surface area contributed by atoms with E-state index in [0.717, 1.165) is 11.6 Å². The maximum Gasteiger partial charge on any atom is 0.0959 e. The lowest BCUT2D eigenvalue weighted by Crippen LogP contribution is -2.11. The molecule has 0 saturated heterocycles. The van der Waals surface area contributed by atoms with E-state index in [1.54, 1.807) is 11.3 Å². The van der Waals surface area contributed by atoms with Gasteiger partial charge in [0, 0.05) is 11.3 Å². The molecule has 0 N–H and O–H groups in total. The molecule has 1 aromatic heterocycles. The molecule has 2 unspecified atom stereocenters. The Kier molecular flexibility index (Phi) is 3.37. The predicted octanol–water partition coefficient (Wildman–Crippen LogP) is 3.50. The van der Waals surface area contributed by atoms with Gasteiger partial charge in [-0.2, -0.15) is 5.26 Å². The predicted molar refractivity (Wildman–Crippen MR) is 61.8 cm³/mol. The average molecular weight is 220 g/mol. The van der Waals surface area contributed by atoms with Crippen LogP contribution in [0.4, 0.5) is 0 Å². The van der Waals surface area contributed by atoms with Crippen molar-refractivity contribution in [3.63, 3.8) is 0 Å². The fourth-order valence-electron chi connectivity index (χ4n) is 2.33. The highest BCUT2D eigenvalue weighted by molar-refractivity contribution is 7.09. The SMILES string of the molecule is CC1CCCC(c2nc(CC#N)cs2)C1. The molecule has 1 aliphatic rings. The summed E-state index contributed by atoms with van der Waals surface area (Å²) in [6.07, 6.45) is 5.72. The molecular weight excluding hydrogens is 204 g/mol. The van der Waals surface area contributed by atoms with Crippen molar-refractivity contribution in [2.45, 2.75) is 44.9 Å². The third kappa shape index (κ3) is 2.57. The molecule has 1 aromatic rings. The van der Waals surface area contributed by atoms with Crippen LogP contribution in [-0.2, 0) is 6.42 Å². The zero-order valence-corrected chi connectivity index (χ0v) is 9.89. The Morgan fingerprint density at radius 3 is 3.20 bits per heavy atom. The Bertz CT molecular complexity index is 364. The minimum atomic E-state index is 0.457. The molecular formula is C12H16N2S. The zero-order chi connectivity index (χ0) is 10.7. The van der Waals surface area contributed by atoms with Crippen LogP contribution in [0.2, 0.25) is 0 Å². The summed E-state index contributed by atoms with van der Waals surface area (Å²) in [6.45, 7) is 2.33. The lowest BCUT2D eigenvalue weighted by molar-refractivity contribution is 0.343. The van der Waals surface area contributed by atoms with E-state index in [-0.39, 0.29) is 0 Å². The number of aromatic nitrogens is 1. The number of nitrogens with zero attached hydrogens (tertiary/aromatic N) is 2. The molecule has 2 rings (SSSR count). The van der Waals surface area contributed by atoms with E-state index in [1.807, 2.05) is 5.38 Å². The van der Waals surface area contributed by atoms with Gasteiger partial charge in [-0.25, -0.2) is 4.98 Å². The van der Waals surface area contributed by atoms with Crippen LogP contribution in [0.1, 0.15) is 49.2 Å². The molecule has 2 nitrogen and oxygen atoms in total. The van der Waals surface area contributed by atoms with Crippen molar-refractivity contribution in [2.24, 2.45) is 5.92 Å². The first-order chi connectivity index (χ1) is 7.29. The first kappa shape index (κ1) is 10.6. The molecule has 0 aromatic carbocycles. The van der Waals surface area contributed by atoms with Crippen LogP contribution < -0.4 is 0 Å². The Morgan fingerprint density at radius 1 is 1.60 bits per heavy atom. The molecule has 0 radical (unpaired) electrons. The van der Waals surface area contributed by atoms with E-state index in [1.165, 1.54) is 30.7 Å². The summed E-state index contributed by atoms with van der Waals surface area (Å²) in [4.78, 5) is 4.55. The Balaban J connectivity index is 2.05. The summed E-state index contributed by atoms with van der Waals surface area (Å²) in [5, 5.41) is 11.9. The van der Waals surface area contributed by atoms with Crippen LogP contribution in [0.3, 0.4) is 0 Å². The third-order valence-electron chi connectivity index (χ3n) is 3.12. The molecule has 0 aliphatic heterocycles. The number of hydrogen-bond donors (Lipinski definition) is 0. The van der Waals surface area contributed by atoms with E-state index in [9.17, 15) is 0 Å². The molecule has 80 valence electrons. The van der Waals surface area contributed by atoms with Gasteiger partial charge in [0.25, 0.3) is 0 Å². The summed E-state index contributed by atoms with van der Waals surface area (Å²) in [5.41, 5.74) is 0.954. The topological polar surface area (TPSA) is 36.7 Å². The van der Waals surface area contributed by atoms with Gasteiger partial charge in [0.1, 0.15) is 0 Å². The van der Waals surface area contributed by atoms with Gasteiger partial charge in [0.15, 0.2) is 0 Å². The minimum Gasteiger partial charge on any atom is -0.245 e. The number of hydrogen-bond acceptors (Lipinski definition) is 3. The second-order valence-electron chi connectivity index (χ2n) is 4.48. The summed E-state index contributed by atoms with van der Waals surface area (Å²) in [6, 6.07) is 2.15. The monoisotopic (exact) mass is 220 g/mol. The maximum absolute atomic E-state index is 8.60. The molecule has 0 amide bonds. The fraction of sp³-hybridized carbons (Fsp3) is 0.667. The number of rotatable bonds is 2. The number of nitriles is 1. The molecule has 1 saturated carbocycles. The number of thiazole rings is 1. The summed E-state index contributed by atoms with van der Waals surface area (Å²) in [5.74, 6) is 1.50. The summed E-state index contributed by atoms with van der Waals surface area (Å²) in [7, 11) is 0. The van der Waals surface area contributed by atoms with E-state index in [4.69, 9.17) is 5.26 Å². The average Bonchev–Trinajstić information content (AvgIpc) is 2.67. The van der Waals surface area contributed by atoms with Crippen molar-refractivity contribution >= 4 is 11.3 Å². The highest BCUT2D eigenvalue weighted by Gasteiger charge is 2.22. The molecule has 1 aliphatic carbocycles. The van der Waals surface area contributed by atoms with Gasteiger partial charge in [0.05, 0.1) is 23.2 Å². The van der Waals surface area contributed by atoms with Crippen LogP contribution >= 0.6 is 11.3 Å². The highest BCUT2D eigenvalue weighted by Crippen LogP contribution is 2.37. The Labute approximate surface area is 95.0 Å². The van der Waals surface area contributed by atoms with Crippen LogP contribution in [0.25, 0.3) is 0 Å². The highest BCUT2D eigenvalue weighted by atomic mass is 32.1. The Hall–Kier alpha value is -0.880. The molecule has 0 spiro atoms. The summed E-state index contributed by atoms with van der Waals surface area (Å²) >= 11 is 1.74.